The first-order chi connectivity index (χ1) is 15.9. The summed E-state index contributed by atoms with van der Waals surface area (Å²) in [7, 11) is 2.19. The van der Waals surface area contributed by atoms with Crippen LogP contribution in [0.15, 0.2) is 36.4 Å². The van der Waals surface area contributed by atoms with Crippen molar-refractivity contribution >= 4 is 23.2 Å². The average Bonchev–Trinajstić information content (AvgIpc) is 3.22. The summed E-state index contributed by atoms with van der Waals surface area (Å²) >= 11 is 13.0. The van der Waals surface area contributed by atoms with Crippen LogP contribution in [0.1, 0.15) is 35.3 Å². The fourth-order valence-corrected chi connectivity index (χ4v) is 5.73. The van der Waals surface area contributed by atoms with Gasteiger partial charge in [0.2, 0.25) is 0 Å². The van der Waals surface area contributed by atoms with Crippen LogP contribution in [0.4, 0.5) is 0 Å². The second-order valence-corrected chi connectivity index (χ2v) is 9.93. The van der Waals surface area contributed by atoms with Gasteiger partial charge < -0.3 is 9.64 Å². The fraction of sp³-hybridized carbons (Fsp3) is 0.440. The SMILES string of the molecule is Cc1nnc(C)n1-c1ccc(O[C@@H]2c3cc(Cl)cc(Cl)c3C[C@@H]2N2CCCN(C)CC2)cc1. The normalized spacial score (nSPS) is 21.7. The van der Waals surface area contributed by atoms with Gasteiger partial charge in [-0.3, -0.25) is 9.47 Å². The Hall–Kier alpha value is -2.12. The molecule has 0 spiro atoms. The molecule has 1 saturated heterocycles. The smallest absolute Gasteiger partial charge is 0.140 e. The van der Waals surface area contributed by atoms with Crippen molar-refractivity contribution in [3.63, 3.8) is 0 Å². The Kier molecular flexibility index (Phi) is 6.36. The molecule has 0 N–H and O–H groups in total. The van der Waals surface area contributed by atoms with Gasteiger partial charge in [-0.15, -0.1) is 10.2 Å². The van der Waals surface area contributed by atoms with Gasteiger partial charge in [-0.25, -0.2) is 0 Å². The van der Waals surface area contributed by atoms with Crippen LogP contribution < -0.4 is 4.74 Å². The molecule has 0 radical (unpaired) electrons. The van der Waals surface area contributed by atoms with Crippen molar-refractivity contribution in [1.29, 1.82) is 0 Å². The van der Waals surface area contributed by atoms with Gasteiger partial charge in [0.25, 0.3) is 0 Å². The van der Waals surface area contributed by atoms with E-state index >= 15 is 0 Å². The Morgan fingerprint density at radius 2 is 1.67 bits per heavy atom. The first-order valence-corrected chi connectivity index (χ1v) is 12.2. The van der Waals surface area contributed by atoms with Crippen LogP contribution in [0, 0.1) is 13.8 Å². The third-order valence-corrected chi connectivity index (χ3v) is 7.39. The van der Waals surface area contributed by atoms with E-state index in [9.17, 15) is 0 Å². The number of nitrogens with zero attached hydrogens (tertiary/aromatic N) is 5. The van der Waals surface area contributed by atoms with Gasteiger partial charge in [0, 0.05) is 34.4 Å². The summed E-state index contributed by atoms with van der Waals surface area (Å²) in [6, 6.07) is 12.2. The summed E-state index contributed by atoms with van der Waals surface area (Å²) < 4.78 is 8.70. The van der Waals surface area contributed by atoms with Gasteiger partial charge in [-0.1, -0.05) is 23.2 Å². The van der Waals surface area contributed by atoms with Gasteiger partial charge in [0.1, 0.15) is 23.5 Å². The van der Waals surface area contributed by atoms with E-state index in [0.29, 0.717) is 5.02 Å². The Morgan fingerprint density at radius 3 is 2.39 bits per heavy atom. The van der Waals surface area contributed by atoms with E-state index in [1.165, 1.54) is 0 Å². The van der Waals surface area contributed by atoms with Crippen LogP contribution in [0.25, 0.3) is 5.69 Å². The lowest BCUT2D eigenvalue weighted by molar-refractivity contribution is 0.0805. The second-order valence-electron chi connectivity index (χ2n) is 9.08. The number of fused-ring (bicyclic) bond motifs is 1. The zero-order chi connectivity index (χ0) is 23.1. The van der Waals surface area contributed by atoms with E-state index in [2.05, 4.69) is 39.2 Å². The van der Waals surface area contributed by atoms with E-state index in [0.717, 1.165) is 78.3 Å². The number of benzene rings is 2. The molecule has 174 valence electrons. The molecule has 6 nitrogen and oxygen atoms in total. The fourth-order valence-electron chi connectivity index (χ4n) is 5.14. The predicted octanol–water partition coefficient (Wildman–Crippen LogP) is 4.87. The van der Waals surface area contributed by atoms with E-state index < -0.39 is 0 Å². The molecule has 2 aromatic carbocycles. The van der Waals surface area contributed by atoms with Gasteiger partial charge >= 0.3 is 0 Å². The molecular formula is C25H29Cl2N5O. The first kappa shape index (κ1) is 22.7. The maximum absolute atomic E-state index is 6.67. The van der Waals surface area contributed by atoms with Gasteiger partial charge in [-0.2, -0.15) is 0 Å². The molecule has 2 atom stereocenters. The Morgan fingerprint density at radius 1 is 0.939 bits per heavy atom. The molecule has 8 heteroatoms. The van der Waals surface area contributed by atoms with Crippen molar-refractivity contribution in [1.82, 2.24) is 24.6 Å². The Balaban J connectivity index is 1.45. The zero-order valence-electron chi connectivity index (χ0n) is 19.3. The minimum absolute atomic E-state index is 0.121. The predicted molar refractivity (Wildman–Crippen MR) is 132 cm³/mol. The molecule has 1 aromatic heterocycles. The number of hydrogen-bond donors (Lipinski definition) is 0. The summed E-state index contributed by atoms with van der Waals surface area (Å²) in [5, 5.41) is 9.71. The van der Waals surface area contributed by atoms with Crippen molar-refractivity contribution in [2.75, 3.05) is 33.2 Å². The quantitative estimate of drug-likeness (QED) is 0.527. The molecule has 1 aliphatic heterocycles. The number of aryl methyl sites for hydroxylation is 2. The molecule has 0 bridgehead atoms. The topological polar surface area (TPSA) is 46.4 Å². The first-order valence-electron chi connectivity index (χ1n) is 11.5. The number of rotatable bonds is 4. The van der Waals surface area contributed by atoms with Crippen molar-refractivity contribution in [3.8, 4) is 11.4 Å². The van der Waals surface area contributed by atoms with Crippen LogP contribution >= 0.6 is 23.2 Å². The minimum Gasteiger partial charge on any atom is -0.484 e. The van der Waals surface area contributed by atoms with Gasteiger partial charge in [0.15, 0.2) is 0 Å². The van der Waals surface area contributed by atoms with Crippen LogP contribution in [-0.2, 0) is 6.42 Å². The van der Waals surface area contributed by atoms with Crippen LogP contribution in [0.2, 0.25) is 10.0 Å². The summed E-state index contributed by atoms with van der Waals surface area (Å²) in [4.78, 5) is 4.96. The number of halogens is 2. The van der Waals surface area contributed by atoms with Gasteiger partial charge in [-0.05, 0) is 88.8 Å². The lowest BCUT2D eigenvalue weighted by Gasteiger charge is -2.32. The summed E-state index contributed by atoms with van der Waals surface area (Å²) in [6.45, 7) is 8.16. The van der Waals surface area contributed by atoms with E-state index in [1.807, 2.05) is 42.7 Å². The highest BCUT2D eigenvalue weighted by Gasteiger charge is 2.39. The Bertz CT molecular complexity index is 1130. The molecule has 2 heterocycles. The highest BCUT2D eigenvalue weighted by molar-refractivity contribution is 6.35. The minimum atomic E-state index is -0.121. The molecule has 2 aliphatic rings. The molecule has 3 aromatic rings. The number of hydrogen-bond acceptors (Lipinski definition) is 5. The molecule has 0 unspecified atom stereocenters. The van der Waals surface area contributed by atoms with Crippen LogP contribution in [0.5, 0.6) is 5.75 Å². The van der Waals surface area contributed by atoms with Crippen LogP contribution in [0.3, 0.4) is 0 Å². The lowest BCUT2D eigenvalue weighted by Crippen LogP contribution is -2.42. The summed E-state index contributed by atoms with van der Waals surface area (Å²) in [5.74, 6) is 2.55. The van der Waals surface area contributed by atoms with Crippen molar-refractivity contribution in [3.05, 3.63) is 69.2 Å². The number of ether oxygens (including phenoxy) is 1. The molecule has 33 heavy (non-hydrogen) atoms. The van der Waals surface area contributed by atoms with E-state index in [1.54, 1.807) is 0 Å². The van der Waals surface area contributed by atoms with Crippen molar-refractivity contribution in [2.45, 2.75) is 38.8 Å². The maximum Gasteiger partial charge on any atom is 0.140 e. The highest BCUT2D eigenvalue weighted by atomic mass is 35.5. The van der Waals surface area contributed by atoms with Crippen molar-refractivity contribution in [2.24, 2.45) is 0 Å². The zero-order valence-corrected chi connectivity index (χ0v) is 20.8. The molecule has 1 aliphatic carbocycles. The molecular weight excluding hydrogens is 457 g/mol. The van der Waals surface area contributed by atoms with Gasteiger partial charge in [0.05, 0.1) is 6.04 Å². The average molecular weight is 486 g/mol. The molecule has 5 rings (SSSR count). The largest absolute Gasteiger partial charge is 0.484 e. The number of likely N-dealkylation sites (N-methyl/N-ethyl adjacent to an activating group) is 1. The van der Waals surface area contributed by atoms with E-state index in [-0.39, 0.29) is 12.1 Å². The van der Waals surface area contributed by atoms with Crippen molar-refractivity contribution < 1.29 is 4.74 Å². The lowest BCUT2D eigenvalue weighted by atomic mass is 10.1. The summed E-state index contributed by atoms with van der Waals surface area (Å²) in [5.41, 5.74) is 3.28. The molecule has 0 saturated carbocycles. The third-order valence-electron chi connectivity index (χ3n) is 6.83. The highest BCUT2D eigenvalue weighted by Crippen LogP contribution is 2.43. The Labute approximate surface area is 205 Å². The monoisotopic (exact) mass is 485 g/mol. The van der Waals surface area contributed by atoms with E-state index in [4.69, 9.17) is 27.9 Å². The summed E-state index contributed by atoms with van der Waals surface area (Å²) in [6.07, 6.45) is 1.90. The number of aromatic nitrogens is 3. The third kappa shape index (κ3) is 4.50. The standard InChI is InChI=1S/C25H29Cl2N5O/c1-16-28-29-17(2)32(16)19-5-7-20(8-6-19)33-25-22-13-18(26)14-23(27)21(22)15-24(25)31-10-4-9-30(3)11-12-31/h5-8,13-14,24-25H,4,9-12,15H2,1-3H3/t24-,25+/m0/s1. The molecule has 1 fully saturated rings. The molecule has 0 amide bonds. The second kappa shape index (κ2) is 9.26. The maximum atomic E-state index is 6.67. The van der Waals surface area contributed by atoms with Crippen LogP contribution in [-0.4, -0.2) is 63.8 Å².